The van der Waals surface area contributed by atoms with E-state index < -0.39 is 26.6 Å². The van der Waals surface area contributed by atoms with Gasteiger partial charge in [-0.3, -0.25) is 4.79 Å². The maximum absolute atomic E-state index is 12.7. The number of carbonyl (C=O) groups excluding carboxylic acids is 2. The van der Waals surface area contributed by atoms with Crippen molar-refractivity contribution in [1.29, 1.82) is 0 Å². The molecule has 2 rings (SSSR count). The molecule has 1 aromatic rings. The first-order valence-electron chi connectivity index (χ1n) is 9.25. The van der Waals surface area contributed by atoms with Gasteiger partial charge in [-0.15, -0.1) is 0 Å². The number of nitrogens with zero attached hydrogens (tertiary/aromatic N) is 1. The van der Waals surface area contributed by atoms with Gasteiger partial charge in [0.2, 0.25) is 0 Å². The molecule has 6 nitrogen and oxygen atoms in total. The zero-order valence-electron chi connectivity index (χ0n) is 16.1. The highest BCUT2D eigenvalue weighted by atomic mass is 28.4. The number of benzene rings is 1. The molecule has 2 atom stereocenters. The number of methoxy groups -OCH3 is 1. The first-order valence-corrected chi connectivity index (χ1v) is 11.8. The summed E-state index contributed by atoms with van der Waals surface area (Å²) in [4.78, 5) is 26.3. The van der Waals surface area contributed by atoms with Crippen molar-refractivity contribution >= 4 is 20.3 Å². The molecular weight excluding hydrogens is 350 g/mol. The lowest BCUT2D eigenvalue weighted by Gasteiger charge is -2.48. The van der Waals surface area contributed by atoms with E-state index in [9.17, 15) is 9.59 Å². The highest BCUT2D eigenvalue weighted by Crippen LogP contribution is 2.40. The lowest BCUT2D eigenvalue weighted by atomic mass is 9.91. The second-order valence-corrected chi connectivity index (χ2v) is 11.2. The lowest BCUT2D eigenvalue weighted by Crippen LogP contribution is -2.64. The van der Waals surface area contributed by atoms with Crippen molar-refractivity contribution in [3.63, 3.8) is 0 Å². The summed E-state index contributed by atoms with van der Waals surface area (Å²) < 4.78 is 16.5. The molecule has 0 N–H and O–H groups in total. The van der Waals surface area contributed by atoms with Crippen LogP contribution in [0.25, 0.3) is 0 Å². The van der Waals surface area contributed by atoms with Crippen LogP contribution in [0.2, 0.25) is 18.1 Å². The molecule has 1 aromatic carbocycles. The summed E-state index contributed by atoms with van der Waals surface area (Å²) in [5.74, 6) is -0.312. The van der Waals surface area contributed by atoms with E-state index in [1.807, 2.05) is 30.3 Å². The van der Waals surface area contributed by atoms with Crippen LogP contribution >= 0.6 is 0 Å². The molecule has 0 bridgehead atoms. The van der Waals surface area contributed by atoms with Crippen LogP contribution in [0, 0.1) is 0 Å². The highest BCUT2D eigenvalue weighted by Gasteiger charge is 2.55. The predicted molar refractivity (Wildman–Crippen MR) is 101 cm³/mol. The topological polar surface area (TPSA) is 65.1 Å². The number of β-lactam (4-membered cyclic amide) rings is 1. The van der Waals surface area contributed by atoms with Gasteiger partial charge in [-0.2, -0.15) is 0 Å². The molecule has 0 unspecified atom stereocenters. The number of hydrogen-bond donors (Lipinski definition) is 0. The lowest BCUT2D eigenvalue weighted by molar-refractivity contribution is -0.161. The van der Waals surface area contributed by atoms with Gasteiger partial charge in [0.1, 0.15) is 12.6 Å². The van der Waals surface area contributed by atoms with Crippen LogP contribution in [0.4, 0.5) is 4.79 Å². The SMILES string of the molecule is CC[Si](CC)(CC)O[C@@H]1C(=O)N(C(=O)OCCOC)[C@@H]1c1ccccc1. The highest BCUT2D eigenvalue weighted by molar-refractivity contribution is 6.73. The molecule has 0 saturated carbocycles. The average molecular weight is 380 g/mol. The summed E-state index contributed by atoms with van der Waals surface area (Å²) in [7, 11) is -0.450. The quantitative estimate of drug-likeness (QED) is 0.371. The van der Waals surface area contributed by atoms with Crippen LogP contribution in [-0.4, -0.2) is 51.6 Å². The van der Waals surface area contributed by atoms with Gasteiger partial charge in [-0.05, 0) is 23.7 Å². The third-order valence-corrected chi connectivity index (χ3v) is 9.83. The van der Waals surface area contributed by atoms with E-state index in [1.165, 1.54) is 12.0 Å². The first kappa shape index (κ1) is 20.6. The van der Waals surface area contributed by atoms with Gasteiger partial charge in [-0.1, -0.05) is 51.1 Å². The fourth-order valence-corrected chi connectivity index (χ4v) is 6.07. The molecule has 0 spiro atoms. The van der Waals surface area contributed by atoms with Gasteiger partial charge >= 0.3 is 6.09 Å². The maximum atomic E-state index is 12.7. The molecule has 0 radical (unpaired) electrons. The third kappa shape index (κ3) is 4.16. The third-order valence-electron chi connectivity index (χ3n) is 5.21. The van der Waals surface area contributed by atoms with Gasteiger partial charge in [0, 0.05) is 7.11 Å². The molecule has 26 heavy (non-hydrogen) atoms. The summed E-state index contributed by atoms with van der Waals surface area (Å²) in [5, 5.41) is 0. The van der Waals surface area contributed by atoms with Gasteiger partial charge in [0.05, 0.1) is 6.61 Å². The number of hydrogen-bond acceptors (Lipinski definition) is 5. The molecule has 0 aliphatic carbocycles. The van der Waals surface area contributed by atoms with Crippen LogP contribution in [0.3, 0.4) is 0 Å². The van der Waals surface area contributed by atoms with Crippen molar-refractivity contribution < 1.29 is 23.5 Å². The first-order chi connectivity index (χ1) is 12.5. The van der Waals surface area contributed by atoms with E-state index in [2.05, 4.69) is 20.8 Å². The summed E-state index contributed by atoms with van der Waals surface area (Å²) in [6, 6.07) is 11.9. The van der Waals surface area contributed by atoms with E-state index >= 15 is 0 Å². The maximum Gasteiger partial charge on any atom is 0.417 e. The smallest absolute Gasteiger partial charge is 0.417 e. The van der Waals surface area contributed by atoms with Crippen LogP contribution in [0.15, 0.2) is 30.3 Å². The minimum Gasteiger partial charge on any atom is -0.447 e. The van der Waals surface area contributed by atoms with Gasteiger partial charge < -0.3 is 13.9 Å². The van der Waals surface area contributed by atoms with E-state index in [4.69, 9.17) is 13.9 Å². The van der Waals surface area contributed by atoms with E-state index in [-0.39, 0.29) is 12.5 Å². The summed E-state index contributed by atoms with van der Waals surface area (Å²) in [5.41, 5.74) is 0.881. The Bertz CT molecular complexity index is 597. The zero-order chi connectivity index (χ0) is 19.2. The van der Waals surface area contributed by atoms with Gasteiger partial charge in [-0.25, -0.2) is 9.69 Å². The summed E-state index contributed by atoms with van der Waals surface area (Å²) >= 11 is 0. The Morgan fingerprint density at radius 3 is 2.23 bits per heavy atom. The Morgan fingerprint density at radius 2 is 1.69 bits per heavy atom. The van der Waals surface area contributed by atoms with Crippen molar-refractivity contribution in [2.24, 2.45) is 0 Å². The van der Waals surface area contributed by atoms with Crippen molar-refractivity contribution in [3.05, 3.63) is 35.9 Å². The van der Waals surface area contributed by atoms with Crippen LogP contribution in [-0.2, 0) is 18.7 Å². The number of rotatable bonds is 9. The molecule has 1 fully saturated rings. The molecule has 144 valence electrons. The Kier molecular flexibility index (Phi) is 7.37. The van der Waals surface area contributed by atoms with Crippen molar-refractivity contribution in [2.45, 2.75) is 51.0 Å². The molecule has 1 aliphatic heterocycles. The molecule has 0 aromatic heterocycles. The second-order valence-electron chi connectivity index (χ2n) is 6.45. The Hall–Kier alpha value is -1.70. The fourth-order valence-electron chi connectivity index (χ4n) is 3.31. The van der Waals surface area contributed by atoms with Crippen molar-refractivity contribution in [3.8, 4) is 0 Å². The van der Waals surface area contributed by atoms with Gasteiger partial charge in [0.15, 0.2) is 14.4 Å². The molecule has 1 saturated heterocycles. The van der Waals surface area contributed by atoms with Gasteiger partial charge in [0.25, 0.3) is 5.91 Å². The van der Waals surface area contributed by atoms with Crippen molar-refractivity contribution in [2.75, 3.05) is 20.3 Å². The Morgan fingerprint density at radius 1 is 1.08 bits per heavy atom. The van der Waals surface area contributed by atoms with Crippen LogP contribution < -0.4 is 0 Å². The van der Waals surface area contributed by atoms with Crippen LogP contribution in [0.1, 0.15) is 32.4 Å². The molecular formula is C19H29NO5Si. The summed E-state index contributed by atoms with van der Waals surface area (Å²) in [6.45, 7) is 6.77. The number of ether oxygens (including phenoxy) is 2. The largest absolute Gasteiger partial charge is 0.447 e. The zero-order valence-corrected chi connectivity index (χ0v) is 17.1. The number of amides is 2. The molecule has 1 heterocycles. The minimum absolute atomic E-state index is 0.115. The summed E-state index contributed by atoms with van der Waals surface area (Å²) in [6.07, 6.45) is -1.25. The fraction of sp³-hybridized carbons (Fsp3) is 0.579. The van der Waals surface area contributed by atoms with E-state index in [0.29, 0.717) is 6.61 Å². The second kappa shape index (κ2) is 9.30. The van der Waals surface area contributed by atoms with E-state index in [0.717, 1.165) is 23.7 Å². The van der Waals surface area contributed by atoms with Crippen LogP contribution in [0.5, 0.6) is 0 Å². The number of imide groups is 1. The monoisotopic (exact) mass is 379 g/mol. The molecule has 2 amide bonds. The Balaban J connectivity index is 2.23. The van der Waals surface area contributed by atoms with E-state index in [1.54, 1.807) is 0 Å². The predicted octanol–water partition coefficient (Wildman–Crippen LogP) is 3.74. The molecule has 1 aliphatic rings. The normalized spacial score (nSPS) is 20.0. The minimum atomic E-state index is -1.98. The standard InChI is InChI=1S/C19H29NO5Si/c1-5-26(6-2,7-3)25-17-16(15-11-9-8-10-12-15)20(18(17)21)19(22)24-14-13-23-4/h8-12,16-17H,5-7,13-14H2,1-4H3/t16-,17+/m1/s1. The Labute approximate surface area is 156 Å². The molecule has 7 heteroatoms. The number of likely N-dealkylation sites (tertiary alicyclic amines) is 1. The van der Waals surface area contributed by atoms with Crippen molar-refractivity contribution in [1.82, 2.24) is 4.90 Å². The number of carbonyl (C=O) groups is 2. The average Bonchev–Trinajstić information content (AvgIpc) is 2.68.